The molecule has 1 aromatic carbocycles. The molecule has 1 amide bonds. The van der Waals surface area contributed by atoms with Crippen LogP contribution >= 0.6 is 11.3 Å². The van der Waals surface area contributed by atoms with Crippen molar-refractivity contribution < 1.29 is 14.3 Å². The van der Waals surface area contributed by atoms with Crippen molar-refractivity contribution in [1.29, 1.82) is 5.26 Å². The molecule has 0 spiro atoms. The fourth-order valence-corrected chi connectivity index (χ4v) is 4.51. The molecule has 2 heterocycles. The molecule has 6 heteroatoms. The van der Waals surface area contributed by atoms with E-state index >= 15 is 0 Å². The number of ether oxygens (including phenoxy) is 2. The molecule has 2 aliphatic rings. The maximum absolute atomic E-state index is 12.1. The summed E-state index contributed by atoms with van der Waals surface area (Å²) >= 11 is 1.60. The van der Waals surface area contributed by atoms with E-state index in [1.807, 2.05) is 23.6 Å². The average Bonchev–Trinajstić information content (AvgIpc) is 3.25. The van der Waals surface area contributed by atoms with Gasteiger partial charge in [-0.25, -0.2) is 0 Å². The minimum atomic E-state index is -0.212. The van der Waals surface area contributed by atoms with Gasteiger partial charge in [0.15, 0.2) is 0 Å². The Balaban J connectivity index is 1.94. The number of aryl methyl sites for hydroxylation is 1. The zero-order chi connectivity index (χ0) is 19.8. The summed E-state index contributed by atoms with van der Waals surface area (Å²) in [6, 6.07) is 10.3. The van der Waals surface area contributed by atoms with Crippen molar-refractivity contribution in [3.8, 4) is 11.8 Å². The first-order valence-corrected chi connectivity index (χ1v) is 9.98. The van der Waals surface area contributed by atoms with Crippen LogP contribution in [0, 0.1) is 11.3 Å². The van der Waals surface area contributed by atoms with Crippen LogP contribution in [-0.4, -0.2) is 25.0 Å². The largest absolute Gasteiger partial charge is 0.497 e. The summed E-state index contributed by atoms with van der Waals surface area (Å²) < 4.78 is 11.7. The molecule has 1 atom stereocenters. The molecule has 4 rings (SSSR count). The van der Waals surface area contributed by atoms with E-state index in [2.05, 4.69) is 17.5 Å². The predicted octanol–water partition coefficient (Wildman–Crippen LogP) is 4.44. The lowest BCUT2D eigenvalue weighted by molar-refractivity contribution is -0.127. The Morgan fingerprint density at radius 3 is 2.82 bits per heavy atom. The standard InChI is InChI=1S/C22H20N2O3S/c1-13(25)24(2)22-19(11-23)20(15-8-9-28-12-15)17-7-5-14-4-6-16(26-3)10-18(14)21(17)27-22/h4,6,8-10,12,20H,5,7H2,1-3H3. The molecule has 1 unspecified atom stereocenters. The topological polar surface area (TPSA) is 62.6 Å². The third-order valence-electron chi connectivity index (χ3n) is 5.36. The second-order valence-electron chi connectivity index (χ2n) is 6.88. The molecule has 0 N–H and O–H groups in total. The Kier molecular flexibility index (Phi) is 4.70. The quantitative estimate of drug-likeness (QED) is 0.775. The van der Waals surface area contributed by atoms with Gasteiger partial charge in [-0.15, -0.1) is 0 Å². The molecular formula is C22H20N2O3S. The molecule has 0 saturated carbocycles. The Labute approximate surface area is 168 Å². The highest BCUT2D eigenvalue weighted by molar-refractivity contribution is 7.08. The molecule has 2 aromatic rings. The Morgan fingerprint density at radius 1 is 1.36 bits per heavy atom. The van der Waals surface area contributed by atoms with E-state index in [0.717, 1.165) is 41.1 Å². The van der Waals surface area contributed by atoms with Crippen LogP contribution in [0.3, 0.4) is 0 Å². The van der Waals surface area contributed by atoms with Crippen molar-refractivity contribution in [2.75, 3.05) is 14.2 Å². The first-order valence-electron chi connectivity index (χ1n) is 9.04. The minimum absolute atomic E-state index is 0.183. The van der Waals surface area contributed by atoms with E-state index in [9.17, 15) is 10.1 Å². The van der Waals surface area contributed by atoms with Gasteiger partial charge in [-0.05, 0) is 58.5 Å². The van der Waals surface area contributed by atoms with E-state index in [1.54, 1.807) is 25.5 Å². The van der Waals surface area contributed by atoms with Crippen LogP contribution in [0.25, 0.3) is 5.76 Å². The van der Waals surface area contributed by atoms with Gasteiger partial charge in [-0.1, -0.05) is 6.07 Å². The Hall–Kier alpha value is -3.04. The molecule has 28 heavy (non-hydrogen) atoms. The lowest BCUT2D eigenvalue weighted by Crippen LogP contribution is -2.31. The highest BCUT2D eigenvalue weighted by Gasteiger charge is 2.38. The van der Waals surface area contributed by atoms with Crippen molar-refractivity contribution >= 4 is 23.0 Å². The van der Waals surface area contributed by atoms with Gasteiger partial charge in [0.25, 0.3) is 0 Å². The summed E-state index contributed by atoms with van der Waals surface area (Å²) in [7, 11) is 3.28. The number of methoxy groups -OCH3 is 1. The van der Waals surface area contributed by atoms with Crippen LogP contribution in [0.2, 0.25) is 0 Å². The smallest absolute Gasteiger partial charge is 0.225 e. The second-order valence-corrected chi connectivity index (χ2v) is 7.66. The Bertz CT molecular complexity index is 1040. The molecule has 1 aliphatic carbocycles. The van der Waals surface area contributed by atoms with Crippen molar-refractivity contribution in [3.05, 3.63) is 68.7 Å². The molecule has 0 fully saturated rings. The normalized spacial score (nSPS) is 18.0. The predicted molar refractivity (Wildman–Crippen MR) is 107 cm³/mol. The molecule has 0 saturated heterocycles. The molecule has 1 aliphatic heterocycles. The molecule has 5 nitrogen and oxygen atoms in total. The summed E-state index contributed by atoms with van der Waals surface area (Å²) in [6.45, 7) is 1.46. The number of fused-ring (bicyclic) bond motifs is 2. The first-order chi connectivity index (χ1) is 13.5. The van der Waals surface area contributed by atoms with Crippen LogP contribution in [-0.2, 0) is 16.0 Å². The number of nitriles is 1. The molecule has 0 bridgehead atoms. The zero-order valence-corrected chi connectivity index (χ0v) is 16.8. The van der Waals surface area contributed by atoms with Gasteiger partial charge in [0.1, 0.15) is 23.2 Å². The van der Waals surface area contributed by atoms with Crippen molar-refractivity contribution in [2.24, 2.45) is 0 Å². The third-order valence-corrected chi connectivity index (χ3v) is 6.06. The monoisotopic (exact) mass is 392 g/mol. The van der Waals surface area contributed by atoms with Crippen LogP contribution in [0.5, 0.6) is 5.75 Å². The van der Waals surface area contributed by atoms with Gasteiger partial charge in [-0.3, -0.25) is 9.69 Å². The zero-order valence-electron chi connectivity index (χ0n) is 16.0. The van der Waals surface area contributed by atoms with E-state index in [0.29, 0.717) is 11.5 Å². The average molecular weight is 392 g/mol. The SMILES string of the molecule is COc1ccc2c(c1)C1=C(CC2)C(c2ccsc2)C(C#N)=C(N(C)C(C)=O)O1. The number of allylic oxidation sites excluding steroid dienone is 2. The summed E-state index contributed by atoms with van der Waals surface area (Å²) in [5, 5.41) is 14.0. The molecule has 0 radical (unpaired) electrons. The third kappa shape index (κ3) is 2.88. The van der Waals surface area contributed by atoms with Gasteiger partial charge in [0.05, 0.1) is 13.0 Å². The second kappa shape index (κ2) is 7.17. The van der Waals surface area contributed by atoms with Crippen LogP contribution < -0.4 is 4.74 Å². The number of carbonyl (C=O) groups excluding carboxylic acids is 1. The highest BCUT2D eigenvalue weighted by Crippen LogP contribution is 2.49. The van der Waals surface area contributed by atoms with Gasteiger partial charge in [0, 0.05) is 19.5 Å². The Morgan fingerprint density at radius 2 is 2.18 bits per heavy atom. The maximum Gasteiger partial charge on any atom is 0.225 e. The highest BCUT2D eigenvalue weighted by atomic mass is 32.1. The van der Waals surface area contributed by atoms with E-state index in [4.69, 9.17) is 9.47 Å². The summed E-state index contributed by atoms with van der Waals surface area (Å²) in [6.07, 6.45) is 1.68. The number of benzene rings is 1. The minimum Gasteiger partial charge on any atom is -0.497 e. The maximum atomic E-state index is 12.1. The van der Waals surface area contributed by atoms with Crippen molar-refractivity contribution in [1.82, 2.24) is 4.90 Å². The number of carbonyl (C=O) groups is 1. The number of hydrogen-bond donors (Lipinski definition) is 0. The summed E-state index contributed by atoms with van der Waals surface area (Å²) in [5.74, 6) is 1.40. The van der Waals surface area contributed by atoms with E-state index in [1.165, 1.54) is 17.4 Å². The number of hydrogen-bond acceptors (Lipinski definition) is 5. The number of rotatable bonds is 3. The summed E-state index contributed by atoms with van der Waals surface area (Å²) in [5.41, 5.74) is 4.75. The summed E-state index contributed by atoms with van der Waals surface area (Å²) in [4.78, 5) is 13.5. The fourth-order valence-electron chi connectivity index (χ4n) is 3.82. The van der Waals surface area contributed by atoms with Gasteiger partial charge >= 0.3 is 0 Å². The van der Waals surface area contributed by atoms with Crippen molar-refractivity contribution in [2.45, 2.75) is 25.7 Å². The van der Waals surface area contributed by atoms with E-state index < -0.39 is 0 Å². The lowest BCUT2D eigenvalue weighted by Gasteiger charge is -2.35. The van der Waals surface area contributed by atoms with Crippen LogP contribution in [0.15, 0.2) is 52.1 Å². The van der Waals surface area contributed by atoms with Crippen molar-refractivity contribution in [3.63, 3.8) is 0 Å². The molecule has 142 valence electrons. The fraction of sp³-hybridized carbons (Fsp3) is 0.273. The van der Waals surface area contributed by atoms with Gasteiger partial charge in [-0.2, -0.15) is 16.6 Å². The van der Waals surface area contributed by atoms with Crippen LogP contribution in [0.4, 0.5) is 0 Å². The van der Waals surface area contributed by atoms with Crippen LogP contribution in [0.1, 0.15) is 36.0 Å². The molecular weight excluding hydrogens is 372 g/mol. The number of thiophene rings is 1. The van der Waals surface area contributed by atoms with E-state index in [-0.39, 0.29) is 11.8 Å². The molecule has 1 aromatic heterocycles. The number of amides is 1. The van der Waals surface area contributed by atoms with Gasteiger partial charge in [0.2, 0.25) is 11.8 Å². The first kappa shape index (κ1) is 18.3. The van der Waals surface area contributed by atoms with Gasteiger partial charge < -0.3 is 9.47 Å². The number of nitrogens with zero attached hydrogens (tertiary/aromatic N) is 2. The lowest BCUT2D eigenvalue weighted by atomic mass is 9.77.